The SMILES string of the molecule is CC(C)CCCCCCCCCCOC(=O)OC1CCCC(OC(=O)OCCCCCCCCCC(C)C)C1. The molecule has 6 heteroatoms. The van der Waals surface area contributed by atoms with Crippen molar-refractivity contribution in [1.29, 1.82) is 0 Å². The Morgan fingerprint density at radius 3 is 1.23 bits per heavy atom. The maximum absolute atomic E-state index is 12.1. The molecule has 39 heavy (non-hydrogen) atoms. The number of rotatable bonds is 23. The van der Waals surface area contributed by atoms with E-state index in [-0.39, 0.29) is 12.2 Å². The lowest BCUT2D eigenvalue weighted by atomic mass is 9.95. The minimum absolute atomic E-state index is 0.264. The van der Waals surface area contributed by atoms with E-state index in [4.69, 9.17) is 18.9 Å². The number of unbranched alkanes of at least 4 members (excludes halogenated alkanes) is 13. The standard InChI is InChI=1S/C33H62O6/c1-28(2)21-16-12-8-5-6-10-14-18-25-36-32(34)38-30-23-20-24-31(27-30)39-33(35)37-26-19-15-11-7-9-13-17-22-29(3)4/h28-31H,5-27H2,1-4H3. The van der Waals surface area contributed by atoms with Gasteiger partial charge in [0.05, 0.1) is 13.2 Å². The third-order valence-electron chi connectivity index (χ3n) is 7.65. The third kappa shape index (κ3) is 23.0. The molecule has 0 radical (unpaired) electrons. The van der Waals surface area contributed by atoms with Crippen LogP contribution in [0.4, 0.5) is 9.59 Å². The summed E-state index contributed by atoms with van der Waals surface area (Å²) < 4.78 is 21.5. The van der Waals surface area contributed by atoms with Crippen LogP contribution in [0.25, 0.3) is 0 Å². The minimum atomic E-state index is -0.604. The molecule has 230 valence electrons. The van der Waals surface area contributed by atoms with E-state index in [1.807, 2.05) is 0 Å². The van der Waals surface area contributed by atoms with Crippen LogP contribution >= 0.6 is 0 Å². The van der Waals surface area contributed by atoms with Crippen molar-refractivity contribution in [2.24, 2.45) is 11.8 Å². The number of ether oxygens (including phenoxy) is 4. The fourth-order valence-corrected chi connectivity index (χ4v) is 5.22. The first-order valence-corrected chi connectivity index (χ1v) is 16.5. The summed E-state index contributed by atoms with van der Waals surface area (Å²) in [5, 5.41) is 0. The Bertz CT molecular complexity index is 591. The van der Waals surface area contributed by atoms with Crippen molar-refractivity contribution in [3.05, 3.63) is 0 Å². The second-order valence-corrected chi connectivity index (χ2v) is 12.5. The molecular formula is C33H62O6. The molecule has 1 aliphatic carbocycles. The highest BCUT2D eigenvalue weighted by atomic mass is 16.7. The predicted molar refractivity (Wildman–Crippen MR) is 159 cm³/mol. The van der Waals surface area contributed by atoms with Gasteiger partial charge in [-0.3, -0.25) is 0 Å². The van der Waals surface area contributed by atoms with Gasteiger partial charge in [0.15, 0.2) is 0 Å². The maximum atomic E-state index is 12.1. The van der Waals surface area contributed by atoms with Gasteiger partial charge in [-0.15, -0.1) is 0 Å². The number of carbonyl (C=O) groups is 2. The molecule has 0 aromatic carbocycles. The molecule has 0 N–H and O–H groups in total. The summed E-state index contributed by atoms with van der Waals surface area (Å²) in [5.74, 6) is 1.62. The van der Waals surface area contributed by atoms with Crippen molar-refractivity contribution in [2.75, 3.05) is 13.2 Å². The summed E-state index contributed by atoms with van der Waals surface area (Å²) >= 11 is 0. The Morgan fingerprint density at radius 2 is 0.872 bits per heavy atom. The van der Waals surface area contributed by atoms with Crippen molar-refractivity contribution >= 4 is 12.3 Å². The van der Waals surface area contributed by atoms with Crippen molar-refractivity contribution in [3.8, 4) is 0 Å². The van der Waals surface area contributed by atoms with Crippen molar-refractivity contribution in [1.82, 2.24) is 0 Å². The Hall–Kier alpha value is -1.46. The van der Waals surface area contributed by atoms with E-state index >= 15 is 0 Å². The van der Waals surface area contributed by atoms with E-state index in [1.54, 1.807) is 0 Å². The van der Waals surface area contributed by atoms with Crippen molar-refractivity contribution < 1.29 is 28.5 Å². The van der Waals surface area contributed by atoms with Crippen LogP contribution in [0.2, 0.25) is 0 Å². The summed E-state index contributed by atoms with van der Waals surface area (Å²) in [5.41, 5.74) is 0. The van der Waals surface area contributed by atoms with E-state index in [1.165, 1.54) is 83.5 Å². The van der Waals surface area contributed by atoms with Crippen LogP contribution in [0.15, 0.2) is 0 Å². The Labute approximate surface area is 240 Å². The van der Waals surface area contributed by atoms with Crippen LogP contribution in [-0.4, -0.2) is 37.7 Å². The molecule has 6 nitrogen and oxygen atoms in total. The molecule has 0 bridgehead atoms. The number of hydrogen-bond acceptors (Lipinski definition) is 6. The van der Waals surface area contributed by atoms with Crippen LogP contribution in [0.5, 0.6) is 0 Å². The first-order valence-electron chi connectivity index (χ1n) is 16.5. The van der Waals surface area contributed by atoms with Crippen LogP contribution in [0.1, 0.15) is 163 Å². The summed E-state index contributed by atoms with van der Waals surface area (Å²) in [6.45, 7) is 9.95. The summed E-state index contributed by atoms with van der Waals surface area (Å²) in [7, 11) is 0. The number of carbonyl (C=O) groups excluding carboxylic acids is 2. The molecule has 0 amide bonds. The smallest absolute Gasteiger partial charge is 0.434 e. The maximum Gasteiger partial charge on any atom is 0.508 e. The van der Waals surface area contributed by atoms with Gasteiger partial charge in [-0.25, -0.2) is 9.59 Å². The van der Waals surface area contributed by atoms with Crippen LogP contribution in [0, 0.1) is 11.8 Å². The van der Waals surface area contributed by atoms with Gasteiger partial charge >= 0.3 is 12.3 Å². The van der Waals surface area contributed by atoms with E-state index in [9.17, 15) is 9.59 Å². The Morgan fingerprint density at radius 1 is 0.538 bits per heavy atom. The highest BCUT2D eigenvalue weighted by Gasteiger charge is 2.28. The summed E-state index contributed by atoms with van der Waals surface area (Å²) in [6.07, 6.45) is 22.0. The van der Waals surface area contributed by atoms with E-state index < -0.39 is 12.3 Å². The Kier molecular flexibility index (Phi) is 22.2. The van der Waals surface area contributed by atoms with Gasteiger partial charge in [0, 0.05) is 6.42 Å². The molecule has 2 unspecified atom stereocenters. The molecule has 1 rings (SSSR count). The zero-order valence-electron chi connectivity index (χ0n) is 26.0. The average molecular weight is 555 g/mol. The van der Waals surface area contributed by atoms with Gasteiger partial charge in [-0.05, 0) is 43.9 Å². The molecule has 2 atom stereocenters. The van der Waals surface area contributed by atoms with Gasteiger partial charge in [-0.2, -0.15) is 0 Å². The Balaban J connectivity index is 1.97. The lowest BCUT2D eigenvalue weighted by Crippen LogP contribution is -2.32. The van der Waals surface area contributed by atoms with Gasteiger partial charge in [0.2, 0.25) is 0 Å². The molecule has 1 aliphatic rings. The van der Waals surface area contributed by atoms with Crippen LogP contribution < -0.4 is 0 Å². The molecule has 0 aromatic heterocycles. The van der Waals surface area contributed by atoms with Gasteiger partial charge in [-0.1, -0.05) is 124 Å². The zero-order valence-corrected chi connectivity index (χ0v) is 26.0. The number of hydrogen-bond donors (Lipinski definition) is 0. The monoisotopic (exact) mass is 554 g/mol. The van der Waals surface area contributed by atoms with E-state index in [2.05, 4.69) is 27.7 Å². The predicted octanol–water partition coefficient (Wildman–Crippen LogP) is 10.5. The highest BCUT2D eigenvalue weighted by molar-refractivity contribution is 5.60. The second-order valence-electron chi connectivity index (χ2n) is 12.5. The average Bonchev–Trinajstić information content (AvgIpc) is 2.88. The minimum Gasteiger partial charge on any atom is -0.434 e. The molecular weight excluding hydrogens is 492 g/mol. The van der Waals surface area contributed by atoms with E-state index in [0.29, 0.717) is 19.6 Å². The van der Waals surface area contributed by atoms with E-state index in [0.717, 1.165) is 56.8 Å². The topological polar surface area (TPSA) is 71.1 Å². The second kappa shape index (κ2) is 24.3. The lowest BCUT2D eigenvalue weighted by molar-refractivity contribution is -0.0350. The normalized spacial score (nSPS) is 17.4. The molecule has 0 spiro atoms. The van der Waals surface area contributed by atoms with Crippen LogP contribution in [0.3, 0.4) is 0 Å². The molecule has 1 saturated carbocycles. The van der Waals surface area contributed by atoms with Crippen LogP contribution in [-0.2, 0) is 18.9 Å². The van der Waals surface area contributed by atoms with Crippen molar-refractivity contribution in [3.63, 3.8) is 0 Å². The summed E-state index contributed by atoms with van der Waals surface area (Å²) in [6, 6.07) is 0. The molecule has 0 aromatic rings. The molecule has 1 fully saturated rings. The lowest BCUT2D eigenvalue weighted by Gasteiger charge is -2.28. The van der Waals surface area contributed by atoms with Gasteiger partial charge < -0.3 is 18.9 Å². The summed E-state index contributed by atoms with van der Waals surface area (Å²) in [4.78, 5) is 24.1. The zero-order chi connectivity index (χ0) is 28.6. The first-order chi connectivity index (χ1) is 18.9. The largest absolute Gasteiger partial charge is 0.508 e. The molecule has 0 aliphatic heterocycles. The third-order valence-corrected chi connectivity index (χ3v) is 7.65. The van der Waals surface area contributed by atoms with Gasteiger partial charge in [0.1, 0.15) is 12.2 Å². The van der Waals surface area contributed by atoms with Gasteiger partial charge in [0.25, 0.3) is 0 Å². The first kappa shape index (κ1) is 35.6. The quantitative estimate of drug-likeness (QED) is 0.0924. The molecule has 0 saturated heterocycles. The molecule has 0 heterocycles. The van der Waals surface area contributed by atoms with Crippen molar-refractivity contribution in [2.45, 2.75) is 175 Å². The highest BCUT2D eigenvalue weighted by Crippen LogP contribution is 2.24. The fraction of sp³-hybridized carbons (Fsp3) is 0.939. The fourth-order valence-electron chi connectivity index (χ4n) is 5.22.